The normalized spacial score (nSPS) is 16.0. The van der Waals surface area contributed by atoms with Gasteiger partial charge >= 0.3 is 0 Å². The fourth-order valence-corrected chi connectivity index (χ4v) is 4.85. The van der Waals surface area contributed by atoms with Crippen molar-refractivity contribution in [3.8, 4) is 16.9 Å². The Morgan fingerprint density at radius 2 is 1.68 bits per heavy atom. The lowest BCUT2D eigenvalue weighted by Crippen LogP contribution is -2.59. The van der Waals surface area contributed by atoms with Crippen molar-refractivity contribution in [3.05, 3.63) is 102 Å². The summed E-state index contributed by atoms with van der Waals surface area (Å²) in [5.74, 6) is -1.51. The summed E-state index contributed by atoms with van der Waals surface area (Å²) in [7, 11) is 0. The van der Waals surface area contributed by atoms with Crippen molar-refractivity contribution in [2.45, 2.75) is 31.5 Å². The van der Waals surface area contributed by atoms with Crippen LogP contribution in [0.2, 0.25) is 5.02 Å². The number of carbonyl (C=O) groups excluding carboxylic acids is 2. The molecule has 192 valence electrons. The van der Waals surface area contributed by atoms with Crippen LogP contribution >= 0.6 is 11.6 Å². The van der Waals surface area contributed by atoms with Crippen molar-refractivity contribution >= 4 is 23.3 Å². The molecule has 0 radical (unpaired) electrons. The first kappa shape index (κ1) is 26.5. The number of halogens is 2. The van der Waals surface area contributed by atoms with Crippen LogP contribution in [0.1, 0.15) is 35.7 Å². The third-order valence-electron chi connectivity index (χ3n) is 6.64. The zero-order valence-corrected chi connectivity index (χ0v) is 21.2. The minimum absolute atomic E-state index is 0.203. The molecule has 3 aromatic rings. The molecule has 0 saturated carbocycles. The molecule has 1 saturated heterocycles. The number of rotatable bonds is 9. The molecule has 8 heteroatoms. The van der Waals surface area contributed by atoms with Crippen LogP contribution in [-0.2, 0) is 10.5 Å². The van der Waals surface area contributed by atoms with E-state index in [1.165, 1.54) is 18.4 Å². The largest absolute Gasteiger partial charge is 0.464 e. The average molecular weight is 523 g/mol. The second kappa shape index (κ2) is 11.3. The molecule has 2 N–H and O–H groups in total. The maximum absolute atomic E-state index is 13.2. The van der Waals surface area contributed by atoms with E-state index < -0.39 is 23.5 Å². The van der Waals surface area contributed by atoms with Crippen LogP contribution in [-0.4, -0.2) is 40.8 Å². The Bertz CT molecular complexity index is 1290. The van der Waals surface area contributed by atoms with Gasteiger partial charge in [0, 0.05) is 24.2 Å². The molecule has 0 unspecified atom stereocenters. The molecule has 6 nitrogen and oxygen atoms in total. The van der Waals surface area contributed by atoms with Gasteiger partial charge in [0.15, 0.2) is 5.72 Å². The number of amides is 1. The Labute approximate surface area is 220 Å². The van der Waals surface area contributed by atoms with E-state index >= 15 is 0 Å². The summed E-state index contributed by atoms with van der Waals surface area (Å²) in [6.45, 7) is 6.43. The number of carbonyl (C=O) groups is 2. The predicted octanol–water partition coefficient (Wildman–Crippen LogP) is 5.30. The Balaban J connectivity index is 1.54. The first-order chi connectivity index (χ1) is 17.7. The summed E-state index contributed by atoms with van der Waals surface area (Å²) in [4.78, 5) is 27.8. The van der Waals surface area contributed by atoms with Crippen LogP contribution in [0.3, 0.4) is 0 Å². The van der Waals surface area contributed by atoms with E-state index in [4.69, 9.17) is 16.3 Å². The summed E-state index contributed by atoms with van der Waals surface area (Å²) in [6.07, 6.45) is 3.05. The van der Waals surface area contributed by atoms with Gasteiger partial charge in [-0.3, -0.25) is 14.5 Å². The van der Waals surface area contributed by atoms with Crippen molar-refractivity contribution < 1.29 is 23.8 Å². The first-order valence-corrected chi connectivity index (χ1v) is 12.4. The van der Waals surface area contributed by atoms with Gasteiger partial charge in [0.05, 0.1) is 17.3 Å². The van der Waals surface area contributed by atoms with E-state index in [0.717, 1.165) is 24.0 Å². The Morgan fingerprint density at radius 3 is 2.24 bits per heavy atom. The van der Waals surface area contributed by atoms with Crippen LogP contribution < -0.4 is 10.1 Å². The Morgan fingerprint density at radius 1 is 1.08 bits per heavy atom. The highest BCUT2D eigenvalue weighted by atomic mass is 35.5. The highest BCUT2D eigenvalue weighted by molar-refractivity contribution is 6.42. The van der Waals surface area contributed by atoms with Crippen LogP contribution in [0.4, 0.5) is 4.39 Å². The van der Waals surface area contributed by atoms with E-state index in [1.54, 1.807) is 61.5 Å². The van der Waals surface area contributed by atoms with E-state index in [0.29, 0.717) is 24.4 Å². The number of nitrogens with one attached hydrogen (secondary N) is 1. The van der Waals surface area contributed by atoms with Crippen LogP contribution in [0.15, 0.2) is 79.6 Å². The van der Waals surface area contributed by atoms with Gasteiger partial charge in [0.25, 0.3) is 5.91 Å². The topological polar surface area (TPSA) is 78.9 Å². The van der Waals surface area contributed by atoms with Crippen molar-refractivity contribution in [1.29, 1.82) is 0 Å². The fourth-order valence-electron chi connectivity index (χ4n) is 4.63. The quantitative estimate of drug-likeness (QED) is 0.226. The van der Waals surface area contributed by atoms with Gasteiger partial charge in [-0.2, -0.15) is 0 Å². The van der Waals surface area contributed by atoms with Gasteiger partial charge in [-0.1, -0.05) is 60.6 Å². The number of benzene rings is 3. The number of aliphatic hydroxyl groups is 1. The number of hydrogen-bond donors (Lipinski definition) is 2. The minimum Gasteiger partial charge on any atom is -0.464 e. The van der Waals surface area contributed by atoms with Crippen molar-refractivity contribution in [2.24, 2.45) is 0 Å². The van der Waals surface area contributed by atoms with Crippen LogP contribution in [0, 0.1) is 5.82 Å². The van der Waals surface area contributed by atoms with E-state index in [9.17, 15) is 19.1 Å². The second-order valence-corrected chi connectivity index (χ2v) is 9.37. The molecule has 0 bridgehead atoms. The maximum atomic E-state index is 13.2. The summed E-state index contributed by atoms with van der Waals surface area (Å²) >= 11 is 6.36. The molecule has 0 aromatic heterocycles. The van der Waals surface area contributed by atoms with Gasteiger partial charge in [0.2, 0.25) is 5.78 Å². The fraction of sp³-hybridized carbons (Fsp3) is 0.241. The van der Waals surface area contributed by atoms with E-state index in [2.05, 4.69) is 11.9 Å². The summed E-state index contributed by atoms with van der Waals surface area (Å²) in [6, 6.07) is 16.6. The molecule has 1 heterocycles. The summed E-state index contributed by atoms with van der Waals surface area (Å²) < 4.78 is 18.5. The average Bonchev–Trinajstić information content (AvgIpc) is 3.45. The molecule has 2 atom stereocenters. The third kappa shape index (κ3) is 5.59. The number of likely N-dealkylation sites (tertiary alicyclic amines) is 1. The maximum Gasteiger partial charge on any atom is 0.292 e. The van der Waals surface area contributed by atoms with Gasteiger partial charge in [-0.25, -0.2) is 4.39 Å². The SMILES string of the molecule is C=COc1ccc([C@@](O)([C@@H](C)NC(=O)C(=O)c2ccc(-c3ccc(F)cc3)cc2)N2CCCC2)cc1Cl. The molecule has 1 aliphatic heterocycles. The molecule has 1 fully saturated rings. The minimum atomic E-state index is -1.60. The summed E-state index contributed by atoms with van der Waals surface area (Å²) in [5.41, 5.74) is 0.649. The number of ketones is 1. The number of nitrogens with zero attached hydrogens (tertiary/aromatic N) is 1. The molecule has 3 aromatic carbocycles. The van der Waals surface area contributed by atoms with Gasteiger partial charge < -0.3 is 15.2 Å². The van der Waals surface area contributed by atoms with Gasteiger partial charge in [-0.05, 0) is 55.2 Å². The van der Waals surface area contributed by atoms with Crippen molar-refractivity contribution in [2.75, 3.05) is 13.1 Å². The smallest absolute Gasteiger partial charge is 0.292 e. The van der Waals surface area contributed by atoms with Gasteiger partial charge in [-0.15, -0.1) is 0 Å². The number of ether oxygens (including phenoxy) is 1. The lowest BCUT2D eigenvalue weighted by molar-refractivity contribution is -0.139. The molecule has 37 heavy (non-hydrogen) atoms. The van der Waals surface area contributed by atoms with Crippen molar-refractivity contribution in [1.82, 2.24) is 10.2 Å². The Hall–Kier alpha value is -3.52. The first-order valence-electron chi connectivity index (χ1n) is 12.0. The standard InChI is InChI=1S/C29H28ClFN2O4/c1-3-37-26-15-12-23(18-25(26)30)29(36,33-16-4-5-17-33)19(2)32-28(35)27(34)22-8-6-20(7-9-22)21-10-13-24(31)14-11-21/h3,6-15,18-19,36H,1,4-5,16-17H2,2H3,(H,32,35)/t19-,29+/m1/s1. The second-order valence-electron chi connectivity index (χ2n) is 8.96. The highest BCUT2D eigenvalue weighted by Crippen LogP contribution is 2.36. The third-order valence-corrected chi connectivity index (χ3v) is 6.93. The zero-order chi connectivity index (χ0) is 26.6. The Kier molecular flexibility index (Phi) is 8.07. The van der Waals surface area contributed by atoms with Crippen molar-refractivity contribution in [3.63, 3.8) is 0 Å². The molecule has 1 amide bonds. The lowest BCUT2D eigenvalue weighted by atomic mass is 9.93. The molecule has 0 spiro atoms. The monoisotopic (exact) mass is 522 g/mol. The zero-order valence-electron chi connectivity index (χ0n) is 20.4. The van der Waals surface area contributed by atoms with Crippen LogP contribution in [0.25, 0.3) is 11.1 Å². The number of Topliss-reactive ketones (excluding diaryl/α,β-unsaturated/α-hetero) is 1. The molecule has 1 aliphatic rings. The van der Waals surface area contributed by atoms with Crippen LogP contribution in [0.5, 0.6) is 5.75 Å². The predicted molar refractivity (Wildman–Crippen MR) is 141 cm³/mol. The molecule has 0 aliphatic carbocycles. The number of hydrogen-bond acceptors (Lipinski definition) is 5. The highest BCUT2D eigenvalue weighted by Gasteiger charge is 2.44. The lowest BCUT2D eigenvalue weighted by Gasteiger charge is -2.42. The molecular weight excluding hydrogens is 495 g/mol. The van der Waals surface area contributed by atoms with Gasteiger partial charge in [0.1, 0.15) is 11.6 Å². The molecule has 4 rings (SSSR count). The van der Waals surface area contributed by atoms with E-state index in [-0.39, 0.29) is 16.4 Å². The molecular formula is C29H28ClFN2O4. The van der Waals surface area contributed by atoms with E-state index in [1.807, 2.05) is 4.90 Å². The summed E-state index contributed by atoms with van der Waals surface area (Å²) in [5, 5.41) is 14.9.